The summed E-state index contributed by atoms with van der Waals surface area (Å²) < 4.78 is 6.99. The van der Waals surface area contributed by atoms with Crippen LogP contribution in [0.15, 0.2) is 64.4 Å². The zero-order valence-corrected chi connectivity index (χ0v) is 14.7. The van der Waals surface area contributed by atoms with Crippen LogP contribution in [0.1, 0.15) is 5.56 Å². The standard InChI is InChI=1S/C18H15N5O2S/c1-12-4-2-5-13(10-12)19-17(24)11-26-18-21-20-16-8-7-14(22-23(16)18)15-6-3-9-25-15/h2-10H,11H2,1H3,(H,19,24). The van der Waals surface area contributed by atoms with E-state index < -0.39 is 0 Å². The molecule has 0 bridgehead atoms. The topological polar surface area (TPSA) is 85.3 Å². The van der Waals surface area contributed by atoms with Crippen LogP contribution in [0.5, 0.6) is 0 Å². The van der Waals surface area contributed by atoms with Crippen molar-refractivity contribution in [1.82, 2.24) is 19.8 Å². The van der Waals surface area contributed by atoms with E-state index in [4.69, 9.17) is 4.42 Å². The first kappa shape index (κ1) is 16.3. The molecule has 130 valence electrons. The number of benzene rings is 1. The maximum atomic E-state index is 12.2. The Balaban J connectivity index is 1.48. The molecule has 0 aliphatic rings. The molecule has 7 nitrogen and oxygen atoms in total. The molecule has 4 aromatic rings. The number of furan rings is 1. The molecule has 3 aromatic heterocycles. The normalized spacial score (nSPS) is 11.0. The number of anilines is 1. The number of carbonyl (C=O) groups excluding carboxylic acids is 1. The largest absolute Gasteiger partial charge is 0.463 e. The predicted molar refractivity (Wildman–Crippen MR) is 99.0 cm³/mol. The second-order valence-corrected chi connectivity index (χ2v) is 6.60. The van der Waals surface area contributed by atoms with E-state index in [9.17, 15) is 4.79 Å². The second-order valence-electron chi connectivity index (χ2n) is 5.65. The fourth-order valence-electron chi connectivity index (χ4n) is 2.46. The quantitative estimate of drug-likeness (QED) is 0.546. The number of hydrogen-bond donors (Lipinski definition) is 1. The van der Waals surface area contributed by atoms with Gasteiger partial charge >= 0.3 is 0 Å². The monoisotopic (exact) mass is 365 g/mol. The minimum absolute atomic E-state index is 0.112. The zero-order chi connectivity index (χ0) is 17.9. The highest BCUT2D eigenvalue weighted by atomic mass is 32.2. The summed E-state index contributed by atoms with van der Waals surface area (Å²) in [6.45, 7) is 1.98. The molecular formula is C18H15N5O2S. The van der Waals surface area contributed by atoms with Crippen molar-refractivity contribution in [3.05, 3.63) is 60.4 Å². The first-order valence-corrected chi connectivity index (χ1v) is 8.93. The maximum Gasteiger partial charge on any atom is 0.234 e. The van der Waals surface area contributed by atoms with Gasteiger partial charge in [-0.1, -0.05) is 23.9 Å². The highest BCUT2D eigenvalue weighted by Gasteiger charge is 2.12. The van der Waals surface area contributed by atoms with Crippen LogP contribution in [0.4, 0.5) is 5.69 Å². The molecule has 0 aliphatic heterocycles. The Labute approximate surface area is 153 Å². The summed E-state index contributed by atoms with van der Waals surface area (Å²) in [4.78, 5) is 12.2. The van der Waals surface area contributed by atoms with Crippen molar-refractivity contribution in [3.8, 4) is 11.5 Å². The lowest BCUT2D eigenvalue weighted by atomic mass is 10.2. The van der Waals surface area contributed by atoms with Crippen molar-refractivity contribution in [1.29, 1.82) is 0 Å². The Morgan fingerprint density at radius 3 is 2.92 bits per heavy atom. The Kier molecular flexibility index (Phi) is 4.40. The van der Waals surface area contributed by atoms with Crippen molar-refractivity contribution in [2.75, 3.05) is 11.1 Å². The number of rotatable bonds is 5. The summed E-state index contributed by atoms with van der Waals surface area (Å²) in [6, 6.07) is 14.9. The molecule has 0 saturated heterocycles. The molecule has 4 rings (SSSR count). The van der Waals surface area contributed by atoms with Crippen molar-refractivity contribution in [3.63, 3.8) is 0 Å². The van der Waals surface area contributed by atoms with Gasteiger partial charge in [-0.15, -0.1) is 10.2 Å². The predicted octanol–water partition coefficient (Wildman–Crippen LogP) is 3.42. The van der Waals surface area contributed by atoms with Gasteiger partial charge in [-0.25, -0.2) is 0 Å². The molecule has 8 heteroatoms. The molecule has 0 atom stereocenters. The van der Waals surface area contributed by atoms with Crippen LogP contribution in [0.25, 0.3) is 17.1 Å². The van der Waals surface area contributed by atoms with Crippen molar-refractivity contribution < 1.29 is 9.21 Å². The fourth-order valence-corrected chi connectivity index (χ4v) is 3.15. The molecule has 3 heterocycles. The van der Waals surface area contributed by atoms with Crippen LogP contribution < -0.4 is 5.32 Å². The maximum absolute atomic E-state index is 12.2. The highest BCUT2D eigenvalue weighted by Crippen LogP contribution is 2.21. The van der Waals surface area contributed by atoms with Crippen molar-refractivity contribution in [2.45, 2.75) is 12.1 Å². The highest BCUT2D eigenvalue weighted by molar-refractivity contribution is 7.99. The number of hydrogen-bond acceptors (Lipinski definition) is 6. The molecule has 1 amide bonds. The van der Waals surface area contributed by atoms with Gasteiger partial charge in [0.25, 0.3) is 0 Å². The van der Waals surface area contributed by atoms with Gasteiger partial charge in [-0.2, -0.15) is 9.61 Å². The smallest absolute Gasteiger partial charge is 0.234 e. The summed E-state index contributed by atoms with van der Waals surface area (Å²) in [5.41, 5.74) is 3.16. The van der Waals surface area contributed by atoms with Crippen LogP contribution in [0, 0.1) is 6.92 Å². The minimum atomic E-state index is -0.112. The molecule has 0 fully saturated rings. The Hall–Kier alpha value is -3.13. The number of aromatic nitrogens is 4. The van der Waals surface area contributed by atoms with Gasteiger partial charge in [0.05, 0.1) is 12.0 Å². The van der Waals surface area contributed by atoms with Crippen LogP contribution in [-0.4, -0.2) is 31.5 Å². The Morgan fingerprint density at radius 2 is 2.12 bits per heavy atom. The summed E-state index contributed by atoms with van der Waals surface area (Å²) in [7, 11) is 0. The lowest BCUT2D eigenvalue weighted by Gasteiger charge is -2.05. The molecule has 0 spiro atoms. The van der Waals surface area contributed by atoms with Crippen molar-refractivity contribution in [2.24, 2.45) is 0 Å². The summed E-state index contributed by atoms with van der Waals surface area (Å²) in [6.07, 6.45) is 1.60. The number of nitrogens with zero attached hydrogens (tertiary/aromatic N) is 4. The molecule has 0 unspecified atom stereocenters. The van der Waals surface area contributed by atoms with Crippen LogP contribution in [0.3, 0.4) is 0 Å². The van der Waals surface area contributed by atoms with Crippen LogP contribution in [0.2, 0.25) is 0 Å². The van der Waals surface area contributed by atoms with E-state index >= 15 is 0 Å². The molecule has 0 aliphatic carbocycles. The number of carbonyl (C=O) groups is 1. The third kappa shape index (κ3) is 3.45. The van der Waals surface area contributed by atoms with Gasteiger partial charge in [0.2, 0.25) is 11.1 Å². The van der Waals surface area contributed by atoms with Gasteiger partial charge < -0.3 is 9.73 Å². The molecule has 26 heavy (non-hydrogen) atoms. The average molecular weight is 365 g/mol. The Morgan fingerprint density at radius 1 is 1.19 bits per heavy atom. The second kappa shape index (κ2) is 7.01. The van der Waals surface area contributed by atoms with Gasteiger partial charge in [0.1, 0.15) is 5.69 Å². The van der Waals surface area contributed by atoms with E-state index in [-0.39, 0.29) is 11.7 Å². The van der Waals surface area contributed by atoms with E-state index in [1.165, 1.54) is 11.8 Å². The molecule has 0 saturated carbocycles. The molecule has 0 radical (unpaired) electrons. The van der Waals surface area contributed by atoms with Gasteiger partial charge in [0.15, 0.2) is 11.4 Å². The summed E-state index contributed by atoms with van der Waals surface area (Å²) in [5.74, 6) is 0.759. The van der Waals surface area contributed by atoms with Crippen molar-refractivity contribution >= 4 is 29.0 Å². The van der Waals surface area contributed by atoms with Crippen LogP contribution in [-0.2, 0) is 4.79 Å². The summed E-state index contributed by atoms with van der Waals surface area (Å²) in [5, 5.41) is 16.1. The third-order valence-electron chi connectivity index (χ3n) is 3.64. The van der Waals surface area contributed by atoms with E-state index in [1.807, 2.05) is 49.4 Å². The minimum Gasteiger partial charge on any atom is -0.463 e. The number of thioether (sulfide) groups is 1. The number of amides is 1. The lowest BCUT2D eigenvalue weighted by molar-refractivity contribution is -0.113. The average Bonchev–Trinajstić information content (AvgIpc) is 3.29. The number of nitrogens with one attached hydrogen (secondary N) is 1. The fraction of sp³-hybridized carbons (Fsp3) is 0.111. The van der Waals surface area contributed by atoms with E-state index in [2.05, 4.69) is 20.6 Å². The van der Waals surface area contributed by atoms with Gasteiger partial charge in [0, 0.05) is 5.69 Å². The first-order valence-electron chi connectivity index (χ1n) is 7.95. The summed E-state index contributed by atoms with van der Waals surface area (Å²) >= 11 is 1.28. The SMILES string of the molecule is Cc1cccc(NC(=O)CSc2nnc3ccc(-c4ccco4)nn23)c1. The number of fused-ring (bicyclic) bond motifs is 1. The van der Waals surface area contributed by atoms with E-state index in [0.29, 0.717) is 22.3 Å². The van der Waals surface area contributed by atoms with Gasteiger partial charge in [-0.3, -0.25) is 4.79 Å². The molecular weight excluding hydrogens is 350 g/mol. The van der Waals surface area contributed by atoms with Crippen LogP contribution >= 0.6 is 11.8 Å². The molecule has 1 N–H and O–H groups in total. The Bertz CT molecular complexity index is 1060. The van der Waals surface area contributed by atoms with E-state index in [1.54, 1.807) is 16.8 Å². The third-order valence-corrected chi connectivity index (χ3v) is 4.56. The number of aryl methyl sites for hydroxylation is 1. The first-order chi connectivity index (χ1) is 12.7. The van der Waals surface area contributed by atoms with Gasteiger partial charge in [-0.05, 0) is 48.9 Å². The zero-order valence-electron chi connectivity index (χ0n) is 13.9. The van der Waals surface area contributed by atoms with E-state index in [0.717, 1.165) is 11.3 Å². The lowest BCUT2D eigenvalue weighted by Crippen LogP contribution is -2.14. The molecule has 1 aromatic carbocycles.